The molecule has 0 saturated carbocycles. The first-order valence-electron chi connectivity index (χ1n) is 9.61. The van der Waals surface area contributed by atoms with Gasteiger partial charge in [-0.3, -0.25) is 4.79 Å². The third kappa shape index (κ3) is 5.65. The Morgan fingerprint density at radius 1 is 1.12 bits per heavy atom. The molecule has 0 atom stereocenters. The summed E-state index contributed by atoms with van der Waals surface area (Å²) >= 11 is 9.46. The van der Waals surface area contributed by atoms with Crippen molar-refractivity contribution in [2.75, 3.05) is 7.11 Å². The number of hydrogen-bond acceptors (Lipinski definition) is 5. The van der Waals surface area contributed by atoms with Crippen molar-refractivity contribution < 1.29 is 14.3 Å². The van der Waals surface area contributed by atoms with Crippen molar-refractivity contribution >= 4 is 68.8 Å². The van der Waals surface area contributed by atoms with Gasteiger partial charge in [-0.05, 0) is 88.0 Å². The van der Waals surface area contributed by atoms with Crippen LogP contribution in [0.4, 0.5) is 5.69 Å². The van der Waals surface area contributed by atoms with Gasteiger partial charge in [0.05, 0.1) is 21.3 Å². The van der Waals surface area contributed by atoms with E-state index in [1.54, 1.807) is 7.11 Å². The Kier molecular flexibility index (Phi) is 7.39. The second-order valence-corrected chi connectivity index (χ2v) is 9.40. The number of thioether (sulfide) groups is 1. The van der Waals surface area contributed by atoms with E-state index in [1.807, 2.05) is 72.8 Å². The number of rotatable bonds is 6. The molecule has 8 heteroatoms. The standard InChI is InChI=1S/C24H18ClIN2O3S/c1-30-20-12-16(11-19(26)22(20)31-14-15-7-9-17(25)10-8-15)13-21-23(29)28-24(32-21)27-18-5-3-2-4-6-18/h2-13H,14H2,1H3,(H,27,28,29)/b21-13-. The minimum Gasteiger partial charge on any atom is -0.493 e. The van der Waals surface area contributed by atoms with E-state index in [9.17, 15) is 4.79 Å². The fourth-order valence-electron chi connectivity index (χ4n) is 2.95. The van der Waals surface area contributed by atoms with Crippen LogP contribution in [0.3, 0.4) is 0 Å². The highest BCUT2D eigenvalue weighted by Gasteiger charge is 2.24. The molecule has 0 bridgehead atoms. The average molecular weight is 577 g/mol. The highest BCUT2D eigenvalue weighted by Crippen LogP contribution is 2.36. The van der Waals surface area contributed by atoms with Gasteiger partial charge in [0.1, 0.15) is 6.61 Å². The van der Waals surface area contributed by atoms with Crippen LogP contribution in [0.1, 0.15) is 11.1 Å². The minimum absolute atomic E-state index is 0.179. The number of ether oxygens (including phenoxy) is 2. The van der Waals surface area contributed by atoms with Crippen LogP contribution in [0.2, 0.25) is 5.02 Å². The second kappa shape index (κ2) is 10.4. The molecule has 32 heavy (non-hydrogen) atoms. The summed E-state index contributed by atoms with van der Waals surface area (Å²) < 4.78 is 12.4. The zero-order valence-electron chi connectivity index (χ0n) is 17.0. The number of methoxy groups -OCH3 is 1. The number of amides is 1. The molecule has 0 aromatic heterocycles. The van der Waals surface area contributed by atoms with Crippen molar-refractivity contribution in [1.82, 2.24) is 5.32 Å². The van der Waals surface area contributed by atoms with Gasteiger partial charge in [0.15, 0.2) is 16.7 Å². The van der Waals surface area contributed by atoms with Gasteiger partial charge in [0.2, 0.25) is 0 Å². The Bertz CT molecular complexity index is 1200. The normalized spacial score (nSPS) is 15.8. The van der Waals surface area contributed by atoms with Crippen LogP contribution in [0, 0.1) is 3.57 Å². The van der Waals surface area contributed by atoms with Gasteiger partial charge in [0.25, 0.3) is 5.91 Å². The summed E-state index contributed by atoms with van der Waals surface area (Å²) in [4.78, 5) is 17.5. The average Bonchev–Trinajstić information content (AvgIpc) is 3.12. The quantitative estimate of drug-likeness (QED) is 0.272. The first kappa shape index (κ1) is 22.7. The summed E-state index contributed by atoms with van der Waals surface area (Å²) in [7, 11) is 1.60. The van der Waals surface area contributed by atoms with Gasteiger partial charge < -0.3 is 14.8 Å². The van der Waals surface area contributed by atoms with Gasteiger partial charge in [-0.1, -0.05) is 41.9 Å². The van der Waals surface area contributed by atoms with Crippen LogP contribution in [-0.4, -0.2) is 18.2 Å². The Morgan fingerprint density at radius 2 is 1.88 bits per heavy atom. The van der Waals surface area contributed by atoms with E-state index in [0.717, 1.165) is 20.4 Å². The molecule has 0 spiro atoms. The third-order valence-corrected chi connectivity index (χ3v) is 6.45. The second-order valence-electron chi connectivity index (χ2n) is 6.77. The van der Waals surface area contributed by atoms with Crippen molar-refractivity contribution in [3.05, 3.63) is 91.4 Å². The smallest absolute Gasteiger partial charge is 0.264 e. The maximum atomic E-state index is 12.4. The molecular weight excluding hydrogens is 559 g/mol. The zero-order chi connectivity index (χ0) is 22.5. The number of halogens is 2. The van der Waals surface area contributed by atoms with Crippen molar-refractivity contribution in [3.8, 4) is 11.5 Å². The van der Waals surface area contributed by atoms with Crippen LogP contribution < -0.4 is 14.8 Å². The first-order chi connectivity index (χ1) is 15.5. The van der Waals surface area contributed by atoms with Crippen molar-refractivity contribution in [1.29, 1.82) is 0 Å². The number of carbonyl (C=O) groups excluding carboxylic acids is 1. The summed E-state index contributed by atoms with van der Waals surface area (Å²) in [5.74, 6) is 1.07. The molecule has 1 aliphatic rings. The molecule has 0 radical (unpaired) electrons. The van der Waals surface area contributed by atoms with Crippen LogP contribution in [0.15, 0.2) is 76.6 Å². The maximum Gasteiger partial charge on any atom is 0.264 e. The van der Waals surface area contributed by atoms with Crippen LogP contribution in [0.5, 0.6) is 11.5 Å². The predicted molar refractivity (Wildman–Crippen MR) is 139 cm³/mol. The van der Waals surface area contributed by atoms with E-state index in [2.05, 4.69) is 32.9 Å². The fourth-order valence-corrected chi connectivity index (χ4v) is 4.70. The van der Waals surface area contributed by atoms with Crippen LogP contribution in [0.25, 0.3) is 6.08 Å². The number of hydrogen-bond donors (Lipinski definition) is 1. The fraction of sp³-hybridized carbons (Fsp3) is 0.0833. The molecule has 1 fully saturated rings. The molecule has 5 nitrogen and oxygen atoms in total. The molecule has 0 unspecified atom stereocenters. The van der Waals surface area contributed by atoms with Crippen LogP contribution in [-0.2, 0) is 11.4 Å². The Hall–Kier alpha value is -2.49. The number of benzene rings is 3. The summed E-state index contributed by atoms with van der Waals surface area (Å²) in [6, 6.07) is 20.8. The van der Waals surface area contributed by atoms with Crippen molar-refractivity contribution in [2.45, 2.75) is 6.61 Å². The Balaban J connectivity index is 1.53. The molecule has 1 N–H and O–H groups in total. The SMILES string of the molecule is COc1cc(/C=C2\SC(=Nc3ccccc3)NC2=O)cc(I)c1OCc1ccc(Cl)cc1. The summed E-state index contributed by atoms with van der Waals surface area (Å²) in [5.41, 5.74) is 2.63. The number of nitrogens with one attached hydrogen (secondary N) is 1. The predicted octanol–water partition coefficient (Wildman–Crippen LogP) is 6.42. The molecule has 162 valence electrons. The number of aliphatic imine (C=N–C) groups is 1. The lowest BCUT2D eigenvalue weighted by molar-refractivity contribution is -0.115. The van der Waals surface area contributed by atoms with Gasteiger partial charge >= 0.3 is 0 Å². The highest BCUT2D eigenvalue weighted by atomic mass is 127. The van der Waals surface area contributed by atoms with E-state index in [0.29, 0.717) is 33.2 Å². The monoisotopic (exact) mass is 576 g/mol. The lowest BCUT2D eigenvalue weighted by Crippen LogP contribution is -2.19. The van der Waals surface area contributed by atoms with Crippen molar-refractivity contribution in [3.63, 3.8) is 0 Å². The molecule has 4 rings (SSSR count). The lowest BCUT2D eigenvalue weighted by atomic mass is 10.2. The highest BCUT2D eigenvalue weighted by molar-refractivity contribution is 14.1. The van der Waals surface area contributed by atoms with E-state index in [4.69, 9.17) is 21.1 Å². The minimum atomic E-state index is -0.179. The summed E-state index contributed by atoms with van der Waals surface area (Å²) in [5, 5.41) is 4.05. The molecule has 3 aromatic rings. The number of carbonyl (C=O) groups is 1. The number of para-hydroxylation sites is 1. The molecule has 3 aromatic carbocycles. The summed E-state index contributed by atoms with van der Waals surface area (Å²) in [6.07, 6.45) is 1.82. The topological polar surface area (TPSA) is 59.9 Å². The van der Waals surface area contributed by atoms with E-state index in [1.165, 1.54) is 11.8 Å². The van der Waals surface area contributed by atoms with Crippen LogP contribution >= 0.6 is 46.0 Å². The molecule has 1 heterocycles. The number of nitrogens with zero attached hydrogens (tertiary/aromatic N) is 1. The molecule has 1 aliphatic heterocycles. The van der Waals surface area contributed by atoms with Gasteiger partial charge in [0, 0.05) is 5.02 Å². The molecule has 1 saturated heterocycles. The Labute approximate surface area is 209 Å². The zero-order valence-corrected chi connectivity index (χ0v) is 20.7. The molecule has 1 amide bonds. The van der Waals surface area contributed by atoms with Crippen molar-refractivity contribution in [2.24, 2.45) is 4.99 Å². The van der Waals surface area contributed by atoms with Gasteiger partial charge in [-0.15, -0.1) is 0 Å². The van der Waals surface area contributed by atoms with E-state index < -0.39 is 0 Å². The largest absolute Gasteiger partial charge is 0.493 e. The van der Waals surface area contributed by atoms with Gasteiger partial charge in [-0.25, -0.2) is 4.99 Å². The first-order valence-corrected chi connectivity index (χ1v) is 11.9. The van der Waals surface area contributed by atoms with E-state index in [-0.39, 0.29) is 5.91 Å². The molecular formula is C24H18ClIN2O3S. The number of amidine groups is 1. The van der Waals surface area contributed by atoms with Gasteiger partial charge in [-0.2, -0.15) is 0 Å². The Morgan fingerprint density at radius 3 is 2.59 bits per heavy atom. The lowest BCUT2D eigenvalue weighted by Gasteiger charge is -2.14. The summed E-state index contributed by atoms with van der Waals surface area (Å²) in [6.45, 7) is 0.390. The maximum absolute atomic E-state index is 12.4. The molecule has 0 aliphatic carbocycles. The third-order valence-electron chi connectivity index (χ3n) is 4.48. The van der Waals surface area contributed by atoms with E-state index >= 15 is 0 Å².